The number of carbonyl (C=O) groups is 2. The summed E-state index contributed by atoms with van der Waals surface area (Å²) in [5.41, 5.74) is 0.209. The number of hydrogen-bond acceptors (Lipinski definition) is 4. The molecule has 1 aliphatic rings. The minimum Gasteiger partial charge on any atom is -0.476 e. The van der Waals surface area contributed by atoms with Gasteiger partial charge in [-0.3, -0.25) is 4.79 Å². The standard InChI is InChI=1S/C11H12N2O3S/c1-2-5-13(7-3-4-7)10(14)8-6-17-9(12-8)11(15)16/h2,6-7H,1,3-5H2,(H,15,16). The van der Waals surface area contributed by atoms with Crippen LogP contribution in [0.2, 0.25) is 0 Å². The molecule has 0 unspecified atom stereocenters. The SMILES string of the molecule is C=CCN(C(=O)c1csc(C(=O)O)n1)C1CC1. The molecular weight excluding hydrogens is 240 g/mol. The number of carboxylic acids is 1. The highest BCUT2D eigenvalue weighted by atomic mass is 32.1. The van der Waals surface area contributed by atoms with Gasteiger partial charge in [0, 0.05) is 18.0 Å². The minimum absolute atomic E-state index is 0.0531. The third-order valence-corrected chi connectivity index (χ3v) is 3.31. The zero-order valence-corrected chi connectivity index (χ0v) is 9.94. The van der Waals surface area contributed by atoms with E-state index in [1.807, 2.05) is 0 Å². The van der Waals surface area contributed by atoms with Gasteiger partial charge < -0.3 is 10.0 Å². The fourth-order valence-electron chi connectivity index (χ4n) is 1.54. The van der Waals surface area contributed by atoms with Crippen molar-refractivity contribution >= 4 is 23.2 Å². The van der Waals surface area contributed by atoms with E-state index < -0.39 is 5.97 Å². The molecule has 1 fully saturated rings. The molecular formula is C11H12N2O3S. The Morgan fingerprint density at radius 1 is 1.65 bits per heavy atom. The first-order chi connectivity index (χ1) is 8.13. The molecule has 1 N–H and O–H groups in total. The highest BCUT2D eigenvalue weighted by Crippen LogP contribution is 2.28. The fraction of sp³-hybridized carbons (Fsp3) is 0.364. The van der Waals surface area contributed by atoms with Crippen molar-refractivity contribution in [2.75, 3.05) is 6.54 Å². The zero-order valence-electron chi connectivity index (χ0n) is 9.13. The van der Waals surface area contributed by atoms with Gasteiger partial charge in [-0.1, -0.05) is 6.08 Å². The number of hydrogen-bond donors (Lipinski definition) is 1. The number of aromatic nitrogens is 1. The molecule has 1 aromatic heterocycles. The summed E-state index contributed by atoms with van der Waals surface area (Å²) >= 11 is 0.970. The summed E-state index contributed by atoms with van der Waals surface area (Å²) in [4.78, 5) is 28.3. The third kappa shape index (κ3) is 2.52. The van der Waals surface area contributed by atoms with Gasteiger partial charge in [0.05, 0.1) is 0 Å². The molecule has 5 nitrogen and oxygen atoms in total. The molecule has 0 aromatic carbocycles. The monoisotopic (exact) mass is 252 g/mol. The van der Waals surface area contributed by atoms with Crippen molar-refractivity contribution < 1.29 is 14.7 Å². The maximum Gasteiger partial charge on any atom is 0.365 e. The Labute approximate surface area is 102 Å². The quantitative estimate of drug-likeness (QED) is 0.808. The second-order valence-electron chi connectivity index (χ2n) is 3.82. The van der Waals surface area contributed by atoms with Crippen molar-refractivity contribution in [3.05, 3.63) is 28.7 Å². The van der Waals surface area contributed by atoms with Gasteiger partial charge in [0.15, 0.2) is 0 Å². The van der Waals surface area contributed by atoms with Crippen molar-refractivity contribution in [1.29, 1.82) is 0 Å². The van der Waals surface area contributed by atoms with E-state index in [1.165, 1.54) is 5.38 Å². The van der Waals surface area contributed by atoms with Crippen LogP contribution in [0.4, 0.5) is 0 Å². The third-order valence-electron chi connectivity index (χ3n) is 2.48. The molecule has 0 spiro atoms. The molecule has 17 heavy (non-hydrogen) atoms. The van der Waals surface area contributed by atoms with Crippen molar-refractivity contribution in [3.63, 3.8) is 0 Å². The number of aromatic carboxylic acids is 1. The van der Waals surface area contributed by atoms with Crippen LogP contribution in [0.15, 0.2) is 18.0 Å². The lowest BCUT2D eigenvalue weighted by molar-refractivity contribution is 0.0696. The van der Waals surface area contributed by atoms with Crippen LogP contribution in [0.5, 0.6) is 0 Å². The molecule has 0 aliphatic heterocycles. The fourth-order valence-corrected chi connectivity index (χ4v) is 2.17. The summed E-state index contributed by atoms with van der Waals surface area (Å²) in [6, 6.07) is 0.260. The lowest BCUT2D eigenvalue weighted by Crippen LogP contribution is -2.33. The second kappa shape index (κ2) is 4.67. The van der Waals surface area contributed by atoms with E-state index in [0.717, 1.165) is 24.2 Å². The van der Waals surface area contributed by atoms with Crippen molar-refractivity contribution in [2.24, 2.45) is 0 Å². The number of thiazole rings is 1. The predicted octanol–water partition coefficient (Wildman–Crippen LogP) is 1.63. The van der Waals surface area contributed by atoms with E-state index in [1.54, 1.807) is 11.0 Å². The topological polar surface area (TPSA) is 70.5 Å². The number of amides is 1. The molecule has 0 atom stereocenters. The van der Waals surface area contributed by atoms with Gasteiger partial charge in [0.2, 0.25) is 5.01 Å². The van der Waals surface area contributed by atoms with Gasteiger partial charge in [0.25, 0.3) is 5.91 Å². The molecule has 0 bridgehead atoms. The van der Waals surface area contributed by atoms with Crippen LogP contribution in [-0.4, -0.2) is 39.5 Å². The Morgan fingerprint density at radius 3 is 2.82 bits per heavy atom. The van der Waals surface area contributed by atoms with Gasteiger partial charge >= 0.3 is 5.97 Å². The Hall–Kier alpha value is -1.69. The first-order valence-electron chi connectivity index (χ1n) is 5.24. The van der Waals surface area contributed by atoms with Crippen molar-refractivity contribution in [3.8, 4) is 0 Å². The Bertz CT molecular complexity index is 465. The number of carboxylic acid groups (broad SMARTS) is 1. The van der Waals surface area contributed by atoms with E-state index >= 15 is 0 Å². The van der Waals surface area contributed by atoms with Crippen LogP contribution in [0, 0.1) is 0 Å². The van der Waals surface area contributed by atoms with Crippen LogP contribution in [0.25, 0.3) is 0 Å². The van der Waals surface area contributed by atoms with E-state index in [-0.39, 0.29) is 22.7 Å². The Kier molecular flexibility index (Phi) is 3.23. The maximum absolute atomic E-state index is 12.1. The van der Waals surface area contributed by atoms with Gasteiger partial charge in [-0.2, -0.15) is 0 Å². The van der Waals surface area contributed by atoms with Gasteiger partial charge in [-0.25, -0.2) is 9.78 Å². The van der Waals surface area contributed by atoms with Gasteiger partial charge in [-0.05, 0) is 12.8 Å². The lowest BCUT2D eigenvalue weighted by Gasteiger charge is -2.19. The van der Waals surface area contributed by atoms with E-state index in [9.17, 15) is 9.59 Å². The smallest absolute Gasteiger partial charge is 0.365 e. The van der Waals surface area contributed by atoms with Crippen LogP contribution in [0.3, 0.4) is 0 Å². The van der Waals surface area contributed by atoms with Gasteiger partial charge in [0.1, 0.15) is 5.69 Å². The molecule has 0 saturated heterocycles. The summed E-state index contributed by atoms with van der Waals surface area (Å²) in [6.07, 6.45) is 3.66. The summed E-state index contributed by atoms with van der Waals surface area (Å²) in [5, 5.41) is 10.2. The highest BCUT2D eigenvalue weighted by molar-refractivity contribution is 7.11. The van der Waals surface area contributed by atoms with Gasteiger partial charge in [-0.15, -0.1) is 17.9 Å². The molecule has 1 aromatic rings. The van der Waals surface area contributed by atoms with Crippen LogP contribution < -0.4 is 0 Å². The number of rotatable bonds is 5. The minimum atomic E-state index is -1.10. The maximum atomic E-state index is 12.1. The first-order valence-corrected chi connectivity index (χ1v) is 6.12. The van der Waals surface area contributed by atoms with Crippen molar-refractivity contribution in [2.45, 2.75) is 18.9 Å². The molecule has 1 amide bonds. The van der Waals surface area contributed by atoms with E-state index in [4.69, 9.17) is 5.11 Å². The summed E-state index contributed by atoms with van der Waals surface area (Å²) in [7, 11) is 0. The molecule has 1 heterocycles. The van der Waals surface area contributed by atoms with Crippen LogP contribution in [-0.2, 0) is 0 Å². The van der Waals surface area contributed by atoms with Crippen LogP contribution >= 0.6 is 11.3 Å². The lowest BCUT2D eigenvalue weighted by atomic mass is 10.3. The molecule has 90 valence electrons. The predicted molar refractivity (Wildman–Crippen MR) is 63.3 cm³/mol. The first kappa shape index (κ1) is 11.8. The average molecular weight is 252 g/mol. The molecule has 1 saturated carbocycles. The summed E-state index contributed by atoms with van der Waals surface area (Å²) < 4.78 is 0. The molecule has 1 aliphatic carbocycles. The number of nitrogens with zero attached hydrogens (tertiary/aromatic N) is 2. The largest absolute Gasteiger partial charge is 0.476 e. The molecule has 2 rings (SSSR count). The zero-order chi connectivity index (χ0) is 12.4. The average Bonchev–Trinajstić information content (AvgIpc) is 3.00. The Balaban J connectivity index is 2.16. The molecule has 6 heteroatoms. The van der Waals surface area contributed by atoms with Crippen LogP contribution in [0.1, 0.15) is 33.1 Å². The highest BCUT2D eigenvalue weighted by Gasteiger charge is 2.33. The normalized spacial score (nSPS) is 14.4. The van der Waals surface area contributed by atoms with Crippen molar-refractivity contribution in [1.82, 2.24) is 9.88 Å². The Morgan fingerprint density at radius 2 is 2.35 bits per heavy atom. The van der Waals surface area contributed by atoms with E-state index in [2.05, 4.69) is 11.6 Å². The molecule has 0 radical (unpaired) electrons. The van der Waals surface area contributed by atoms with E-state index in [0.29, 0.717) is 6.54 Å². The number of carbonyl (C=O) groups excluding carboxylic acids is 1. The summed E-state index contributed by atoms with van der Waals surface area (Å²) in [5.74, 6) is -1.31. The summed E-state index contributed by atoms with van der Waals surface area (Å²) in [6.45, 7) is 4.09. The second-order valence-corrected chi connectivity index (χ2v) is 4.68.